The monoisotopic (exact) mass is 441 g/mol. The number of aromatic nitrogens is 3. The summed E-state index contributed by atoms with van der Waals surface area (Å²) in [6, 6.07) is 6.89. The first kappa shape index (κ1) is 23.8. The second-order valence-electron chi connectivity index (χ2n) is 7.00. The summed E-state index contributed by atoms with van der Waals surface area (Å²) >= 11 is 0. The van der Waals surface area contributed by atoms with Crippen molar-refractivity contribution < 1.29 is 32.7 Å². The molecule has 1 atom stereocenters. The van der Waals surface area contributed by atoms with Gasteiger partial charge in [0.1, 0.15) is 6.04 Å². The molecule has 2 aromatic heterocycles. The number of pyridine rings is 1. The van der Waals surface area contributed by atoms with Crippen LogP contribution in [0.25, 0.3) is 0 Å². The van der Waals surface area contributed by atoms with E-state index in [1.807, 2.05) is 38.1 Å². The molecular formula is C19H22F3N5O4. The zero-order valence-electron chi connectivity index (χ0n) is 16.8. The third kappa shape index (κ3) is 6.52. The molecule has 2 aromatic rings. The number of carboxylic acid groups (broad SMARTS) is 1. The second kappa shape index (κ2) is 10.0. The first-order valence-electron chi connectivity index (χ1n) is 9.29. The molecule has 31 heavy (non-hydrogen) atoms. The van der Waals surface area contributed by atoms with Gasteiger partial charge in [0.05, 0.1) is 31.0 Å². The number of hydrogen-bond donors (Lipinski definition) is 2. The summed E-state index contributed by atoms with van der Waals surface area (Å²) in [7, 11) is 0. The van der Waals surface area contributed by atoms with Crippen LogP contribution in [0.5, 0.6) is 0 Å². The van der Waals surface area contributed by atoms with Gasteiger partial charge in [0, 0.05) is 18.3 Å². The highest BCUT2D eigenvalue weighted by Gasteiger charge is 2.38. The molecule has 1 aliphatic heterocycles. The van der Waals surface area contributed by atoms with Gasteiger partial charge in [0.25, 0.3) is 0 Å². The lowest BCUT2D eigenvalue weighted by atomic mass is 10.1. The maximum atomic E-state index is 12.6. The first-order chi connectivity index (χ1) is 14.5. The average molecular weight is 441 g/mol. The van der Waals surface area contributed by atoms with E-state index in [1.165, 1.54) is 0 Å². The normalized spacial score (nSPS) is 15.5. The fourth-order valence-corrected chi connectivity index (χ4v) is 2.82. The Balaban J connectivity index is 0.000000423. The fourth-order valence-electron chi connectivity index (χ4n) is 2.82. The van der Waals surface area contributed by atoms with Gasteiger partial charge in [-0.25, -0.2) is 4.79 Å². The Labute approximate surface area is 175 Å². The molecule has 12 heteroatoms. The lowest BCUT2D eigenvalue weighted by Gasteiger charge is -2.34. The van der Waals surface area contributed by atoms with Gasteiger partial charge in [-0.1, -0.05) is 19.9 Å². The minimum absolute atomic E-state index is 0.0463. The molecule has 3 rings (SSSR count). The summed E-state index contributed by atoms with van der Waals surface area (Å²) < 4.78 is 33.4. The molecule has 0 aliphatic carbocycles. The topological polar surface area (TPSA) is 117 Å². The number of nitrogens with zero attached hydrogens (tertiary/aromatic N) is 4. The van der Waals surface area contributed by atoms with E-state index in [0.29, 0.717) is 19.6 Å². The molecule has 2 N–H and O–H groups in total. The van der Waals surface area contributed by atoms with Crippen molar-refractivity contribution >= 4 is 17.8 Å². The number of amides is 2. The quantitative estimate of drug-likeness (QED) is 0.747. The minimum Gasteiger partial charge on any atom is -0.475 e. The molecular weight excluding hydrogens is 419 g/mol. The largest absolute Gasteiger partial charge is 0.490 e. The predicted molar refractivity (Wildman–Crippen MR) is 101 cm³/mol. The highest BCUT2D eigenvalue weighted by Crippen LogP contribution is 2.22. The van der Waals surface area contributed by atoms with Gasteiger partial charge < -0.3 is 15.3 Å². The summed E-state index contributed by atoms with van der Waals surface area (Å²) in [5.74, 6) is -2.97. The number of halogens is 3. The Morgan fingerprint density at radius 1 is 1.23 bits per heavy atom. The molecule has 168 valence electrons. The van der Waals surface area contributed by atoms with Crippen molar-refractivity contribution in [3.63, 3.8) is 0 Å². The summed E-state index contributed by atoms with van der Waals surface area (Å²) in [6.45, 7) is 4.90. The molecule has 0 saturated heterocycles. The Morgan fingerprint density at radius 3 is 2.45 bits per heavy atom. The van der Waals surface area contributed by atoms with E-state index in [4.69, 9.17) is 9.90 Å². The molecule has 0 bridgehead atoms. The van der Waals surface area contributed by atoms with Crippen LogP contribution in [0.1, 0.15) is 31.3 Å². The van der Waals surface area contributed by atoms with Crippen molar-refractivity contribution in [1.82, 2.24) is 25.0 Å². The number of fused-ring (bicyclic) bond motifs is 1. The highest BCUT2D eigenvalue weighted by molar-refractivity contribution is 5.83. The second-order valence-corrected chi connectivity index (χ2v) is 7.00. The highest BCUT2D eigenvalue weighted by atomic mass is 19.4. The van der Waals surface area contributed by atoms with E-state index < -0.39 is 18.2 Å². The lowest BCUT2D eigenvalue weighted by molar-refractivity contribution is -0.192. The summed E-state index contributed by atoms with van der Waals surface area (Å²) in [5, 5.41) is 14.3. The van der Waals surface area contributed by atoms with E-state index >= 15 is 0 Å². The Kier molecular flexibility index (Phi) is 7.72. The zero-order valence-corrected chi connectivity index (χ0v) is 16.8. The molecule has 1 aliphatic rings. The molecule has 0 saturated carbocycles. The standard InChI is InChI=1S/C17H21N5O2.C2HF3O2/c1-12(2)17(24)21-10-14-6-8-20-22(14)15(11-21)16(23)19-9-13-5-3-4-7-18-13;3-2(4,5)1(6)7/h3-8,12,15H,9-11H2,1-2H3,(H,19,23);(H,6,7). The van der Waals surface area contributed by atoms with Crippen LogP contribution < -0.4 is 5.32 Å². The van der Waals surface area contributed by atoms with Crippen LogP contribution in [-0.4, -0.2) is 55.3 Å². The van der Waals surface area contributed by atoms with Crippen molar-refractivity contribution in [2.75, 3.05) is 6.54 Å². The van der Waals surface area contributed by atoms with Gasteiger partial charge in [0.15, 0.2) is 0 Å². The van der Waals surface area contributed by atoms with Crippen molar-refractivity contribution in [2.24, 2.45) is 5.92 Å². The van der Waals surface area contributed by atoms with Gasteiger partial charge in [-0.2, -0.15) is 18.3 Å². The van der Waals surface area contributed by atoms with Crippen molar-refractivity contribution in [2.45, 2.75) is 39.2 Å². The van der Waals surface area contributed by atoms with Crippen molar-refractivity contribution in [1.29, 1.82) is 0 Å². The zero-order chi connectivity index (χ0) is 23.2. The number of rotatable bonds is 4. The molecule has 1 unspecified atom stereocenters. The van der Waals surface area contributed by atoms with Gasteiger partial charge in [0.2, 0.25) is 11.8 Å². The van der Waals surface area contributed by atoms with E-state index in [9.17, 15) is 22.8 Å². The maximum absolute atomic E-state index is 12.6. The van der Waals surface area contributed by atoms with Crippen molar-refractivity contribution in [3.05, 3.63) is 48.0 Å². The van der Waals surface area contributed by atoms with Crippen LogP contribution >= 0.6 is 0 Å². The maximum Gasteiger partial charge on any atom is 0.490 e. The smallest absolute Gasteiger partial charge is 0.475 e. The Morgan fingerprint density at radius 2 is 1.90 bits per heavy atom. The first-order valence-corrected chi connectivity index (χ1v) is 9.29. The van der Waals surface area contributed by atoms with Gasteiger partial charge in [-0.3, -0.25) is 19.3 Å². The third-order valence-corrected chi connectivity index (χ3v) is 4.31. The van der Waals surface area contributed by atoms with Crippen LogP contribution in [0.4, 0.5) is 13.2 Å². The molecule has 0 aromatic carbocycles. The van der Waals surface area contributed by atoms with Crippen LogP contribution in [0.2, 0.25) is 0 Å². The summed E-state index contributed by atoms with van der Waals surface area (Å²) in [6.07, 6.45) is -1.73. The van der Waals surface area contributed by atoms with Crippen LogP contribution in [0.15, 0.2) is 36.7 Å². The number of hydrogen-bond acceptors (Lipinski definition) is 5. The van der Waals surface area contributed by atoms with Gasteiger partial charge in [-0.05, 0) is 18.2 Å². The summed E-state index contributed by atoms with van der Waals surface area (Å²) in [5.41, 5.74) is 1.66. The number of aliphatic carboxylic acids is 1. The van der Waals surface area contributed by atoms with Gasteiger partial charge >= 0.3 is 12.1 Å². The number of carboxylic acids is 1. The number of alkyl halides is 3. The third-order valence-electron chi connectivity index (χ3n) is 4.31. The van der Waals surface area contributed by atoms with Gasteiger partial charge in [-0.15, -0.1) is 0 Å². The Hall–Kier alpha value is -3.44. The van der Waals surface area contributed by atoms with E-state index in [2.05, 4.69) is 15.4 Å². The van der Waals surface area contributed by atoms with E-state index in [1.54, 1.807) is 22.0 Å². The number of carbonyl (C=O) groups excluding carboxylic acids is 2. The van der Waals surface area contributed by atoms with Crippen molar-refractivity contribution in [3.8, 4) is 0 Å². The summed E-state index contributed by atoms with van der Waals surface area (Å²) in [4.78, 5) is 39.8. The van der Waals surface area contributed by atoms with Crippen LogP contribution in [0, 0.1) is 5.92 Å². The average Bonchev–Trinajstić information content (AvgIpc) is 3.19. The molecule has 0 spiro atoms. The molecule has 3 heterocycles. The fraction of sp³-hybridized carbons (Fsp3) is 0.421. The molecule has 2 amide bonds. The lowest BCUT2D eigenvalue weighted by Crippen LogP contribution is -2.48. The number of carbonyl (C=O) groups is 3. The molecule has 9 nitrogen and oxygen atoms in total. The van der Waals surface area contributed by atoms with E-state index in [0.717, 1.165) is 11.4 Å². The minimum atomic E-state index is -5.08. The number of nitrogens with one attached hydrogen (secondary N) is 1. The van der Waals surface area contributed by atoms with E-state index in [-0.39, 0.29) is 17.7 Å². The Bertz CT molecular complexity index is 915. The van der Waals surface area contributed by atoms with Crippen LogP contribution in [0.3, 0.4) is 0 Å². The van der Waals surface area contributed by atoms with Crippen LogP contribution in [-0.2, 0) is 27.5 Å². The predicted octanol–water partition coefficient (Wildman–Crippen LogP) is 1.77. The molecule has 0 radical (unpaired) electrons. The molecule has 0 fully saturated rings. The SMILES string of the molecule is CC(C)C(=O)N1Cc2ccnn2C(C(=O)NCc2ccccn2)C1.O=C(O)C(F)(F)F.